The molecule has 5 heteroatoms. The predicted molar refractivity (Wildman–Crippen MR) is 83.5 cm³/mol. The van der Waals surface area contributed by atoms with Crippen LogP contribution in [0.15, 0.2) is 28.8 Å². The van der Waals surface area contributed by atoms with Gasteiger partial charge >= 0.3 is 0 Å². The SMILES string of the molecule is CCCCCCCOc1cccc(-c2noc(CCl)n2)c1. The van der Waals surface area contributed by atoms with E-state index in [0.29, 0.717) is 11.7 Å². The number of halogens is 1. The Balaban J connectivity index is 1.86. The van der Waals surface area contributed by atoms with Gasteiger partial charge in [0.15, 0.2) is 0 Å². The first kappa shape index (κ1) is 15.8. The van der Waals surface area contributed by atoms with E-state index in [1.54, 1.807) is 0 Å². The van der Waals surface area contributed by atoms with Crippen molar-refractivity contribution >= 4 is 11.6 Å². The minimum Gasteiger partial charge on any atom is -0.494 e. The highest BCUT2D eigenvalue weighted by Gasteiger charge is 2.08. The second-order valence-corrected chi connectivity index (χ2v) is 5.20. The van der Waals surface area contributed by atoms with E-state index in [-0.39, 0.29) is 5.88 Å². The van der Waals surface area contributed by atoms with Gasteiger partial charge in [-0.25, -0.2) is 0 Å². The molecule has 0 aliphatic rings. The number of unbranched alkanes of at least 4 members (excludes halogenated alkanes) is 4. The predicted octanol–water partition coefficient (Wildman–Crippen LogP) is 4.82. The highest BCUT2D eigenvalue weighted by molar-refractivity contribution is 6.16. The molecule has 0 aliphatic heterocycles. The summed E-state index contributed by atoms with van der Waals surface area (Å²) in [5, 5.41) is 3.90. The number of benzene rings is 1. The Morgan fingerprint density at radius 2 is 2.05 bits per heavy atom. The summed E-state index contributed by atoms with van der Waals surface area (Å²) in [5.41, 5.74) is 0.874. The second kappa shape index (κ2) is 8.67. The van der Waals surface area contributed by atoms with E-state index in [4.69, 9.17) is 20.9 Å². The van der Waals surface area contributed by atoms with E-state index in [9.17, 15) is 0 Å². The van der Waals surface area contributed by atoms with Gasteiger partial charge in [-0.2, -0.15) is 4.98 Å². The largest absolute Gasteiger partial charge is 0.494 e. The number of hydrogen-bond donors (Lipinski definition) is 0. The Morgan fingerprint density at radius 3 is 2.81 bits per heavy atom. The van der Waals surface area contributed by atoms with Crippen molar-refractivity contribution in [3.8, 4) is 17.1 Å². The minimum absolute atomic E-state index is 0.223. The minimum atomic E-state index is 0.223. The van der Waals surface area contributed by atoms with Gasteiger partial charge in [0, 0.05) is 5.56 Å². The average Bonchev–Trinajstić information content (AvgIpc) is 3.00. The van der Waals surface area contributed by atoms with E-state index < -0.39 is 0 Å². The zero-order chi connectivity index (χ0) is 14.9. The Labute approximate surface area is 130 Å². The van der Waals surface area contributed by atoms with Crippen molar-refractivity contribution in [3.63, 3.8) is 0 Å². The molecule has 0 fully saturated rings. The lowest BCUT2D eigenvalue weighted by molar-refractivity contribution is 0.304. The third kappa shape index (κ3) is 5.05. The van der Waals surface area contributed by atoms with Gasteiger partial charge in [0.05, 0.1) is 6.61 Å². The van der Waals surface area contributed by atoms with Crippen LogP contribution in [-0.4, -0.2) is 16.7 Å². The molecule has 0 amide bonds. The standard InChI is InChI=1S/C16H21ClN2O2/c1-2-3-4-5-6-10-20-14-9-7-8-13(11-14)16-18-15(12-17)21-19-16/h7-9,11H,2-6,10,12H2,1H3. The highest BCUT2D eigenvalue weighted by atomic mass is 35.5. The summed E-state index contributed by atoms with van der Waals surface area (Å²) >= 11 is 5.66. The molecule has 0 saturated carbocycles. The van der Waals surface area contributed by atoms with Crippen LogP contribution < -0.4 is 4.74 Å². The van der Waals surface area contributed by atoms with Gasteiger partial charge in [-0.1, -0.05) is 49.9 Å². The van der Waals surface area contributed by atoms with Crippen LogP contribution in [0.3, 0.4) is 0 Å². The average molecular weight is 309 g/mol. The summed E-state index contributed by atoms with van der Waals surface area (Å²) in [6.07, 6.45) is 6.15. The maximum Gasteiger partial charge on any atom is 0.241 e. The molecule has 4 nitrogen and oxygen atoms in total. The lowest BCUT2D eigenvalue weighted by Gasteiger charge is -2.06. The summed E-state index contributed by atoms with van der Waals surface area (Å²) < 4.78 is 10.8. The van der Waals surface area contributed by atoms with Crippen LogP contribution in [0.4, 0.5) is 0 Å². The smallest absolute Gasteiger partial charge is 0.241 e. The van der Waals surface area contributed by atoms with Crippen molar-refractivity contribution in [1.82, 2.24) is 10.1 Å². The molecule has 0 saturated heterocycles. The summed E-state index contributed by atoms with van der Waals surface area (Å²) in [5.74, 6) is 2.02. The number of aromatic nitrogens is 2. The molecule has 0 aliphatic carbocycles. The number of nitrogens with zero attached hydrogens (tertiary/aromatic N) is 2. The van der Waals surface area contributed by atoms with Crippen molar-refractivity contribution in [2.45, 2.75) is 44.9 Å². The molecule has 21 heavy (non-hydrogen) atoms. The molecule has 1 heterocycles. The lowest BCUT2D eigenvalue weighted by atomic mass is 10.2. The molecule has 1 aromatic heterocycles. The third-order valence-electron chi connectivity index (χ3n) is 3.19. The third-order valence-corrected chi connectivity index (χ3v) is 3.42. The van der Waals surface area contributed by atoms with Gasteiger partial charge in [-0.15, -0.1) is 11.6 Å². The van der Waals surface area contributed by atoms with E-state index in [1.807, 2.05) is 24.3 Å². The molecule has 0 bridgehead atoms. The van der Waals surface area contributed by atoms with Crippen LogP contribution in [0.25, 0.3) is 11.4 Å². The molecule has 1 aromatic carbocycles. The van der Waals surface area contributed by atoms with Crippen molar-refractivity contribution in [2.24, 2.45) is 0 Å². The van der Waals surface area contributed by atoms with Crippen LogP contribution in [0.1, 0.15) is 44.9 Å². The monoisotopic (exact) mass is 308 g/mol. The van der Waals surface area contributed by atoms with E-state index in [0.717, 1.165) is 24.3 Å². The molecule has 0 radical (unpaired) electrons. The summed E-state index contributed by atoms with van der Waals surface area (Å²) in [6.45, 7) is 2.96. The number of hydrogen-bond acceptors (Lipinski definition) is 4. The van der Waals surface area contributed by atoms with Crippen LogP contribution in [-0.2, 0) is 5.88 Å². The summed E-state index contributed by atoms with van der Waals surface area (Å²) in [6, 6.07) is 7.72. The van der Waals surface area contributed by atoms with Crippen molar-refractivity contribution < 1.29 is 9.26 Å². The molecular formula is C16H21ClN2O2. The van der Waals surface area contributed by atoms with E-state index >= 15 is 0 Å². The molecule has 0 spiro atoms. The summed E-state index contributed by atoms with van der Waals surface area (Å²) in [4.78, 5) is 4.21. The first-order chi connectivity index (χ1) is 10.3. The number of rotatable bonds is 9. The Kier molecular flexibility index (Phi) is 6.54. The maximum absolute atomic E-state index is 5.77. The zero-order valence-corrected chi connectivity index (χ0v) is 13.1. The first-order valence-corrected chi connectivity index (χ1v) is 7.98. The fraction of sp³-hybridized carbons (Fsp3) is 0.500. The summed E-state index contributed by atoms with van der Waals surface area (Å²) in [7, 11) is 0. The topological polar surface area (TPSA) is 48.2 Å². The van der Waals surface area contributed by atoms with Crippen molar-refractivity contribution in [3.05, 3.63) is 30.2 Å². The Morgan fingerprint density at radius 1 is 1.19 bits per heavy atom. The van der Waals surface area contributed by atoms with Crippen molar-refractivity contribution in [1.29, 1.82) is 0 Å². The van der Waals surface area contributed by atoms with Crippen LogP contribution in [0, 0.1) is 0 Å². The van der Waals surface area contributed by atoms with Gasteiger partial charge < -0.3 is 9.26 Å². The van der Waals surface area contributed by atoms with E-state index in [2.05, 4.69) is 17.1 Å². The van der Waals surface area contributed by atoms with Crippen molar-refractivity contribution in [2.75, 3.05) is 6.61 Å². The number of ether oxygens (including phenoxy) is 1. The Hall–Kier alpha value is -1.55. The zero-order valence-electron chi connectivity index (χ0n) is 12.3. The van der Waals surface area contributed by atoms with Gasteiger partial charge in [0.2, 0.25) is 11.7 Å². The van der Waals surface area contributed by atoms with Crippen LogP contribution >= 0.6 is 11.6 Å². The molecule has 2 rings (SSSR count). The fourth-order valence-electron chi connectivity index (χ4n) is 2.05. The second-order valence-electron chi connectivity index (χ2n) is 4.94. The molecule has 0 N–H and O–H groups in total. The number of alkyl halides is 1. The normalized spacial score (nSPS) is 10.8. The van der Waals surface area contributed by atoms with E-state index in [1.165, 1.54) is 25.7 Å². The Bertz CT molecular complexity index is 543. The quantitative estimate of drug-likeness (QED) is 0.492. The molecule has 0 atom stereocenters. The molecule has 0 unspecified atom stereocenters. The van der Waals surface area contributed by atoms with Gasteiger partial charge in [-0.05, 0) is 18.6 Å². The fourth-order valence-corrected chi connectivity index (χ4v) is 2.16. The molecule has 114 valence electrons. The van der Waals surface area contributed by atoms with Crippen LogP contribution in [0.5, 0.6) is 5.75 Å². The maximum atomic E-state index is 5.77. The molecule has 2 aromatic rings. The van der Waals surface area contributed by atoms with Gasteiger partial charge in [0.1, 0.15) is 11.6 Å². The molecular weight excluding hydrogens is 288 g/mol. The van der Waals surface area contributed by atoms with Crippen LogP contribution in [0.2, 0.25) is 0 Å². The van der Waals surface area contributed by atoms with Gasteiger partial charge in [0.25, 0.3) is 0 Å². The van der Waals surface area contributed by atoms with Gasteiger partial charge in [-0.3, -0.25) is 0 Å². The lowest BCUT2D eigenvalue weighted by Crippen LogP contribution is -1.97. The first-order valence-electron chi connectivity index (χ1n) is 7.45. The highest BCUT2D eigenvalue weighted by Crippen LogP contribution is 2.22.